The Bertz CT molecular complexity index is 752. The van der Waals surface area contributed by atoms with E-state index < -0.39 is 12.1 Å². The molecule has 2 aromatic rings. The lowest BCUT2D eigenvalue weighted by atomic mass is 10.0. The van der Waals surface area contributed by atoms with Crippen molar-refractivity contribution in [3.8, 4) is 5.75 Å². The van der Waals surface area contributed by atoms with Crippen LogP contribution in [0.3, 0.4) is 0 Å². The van der Waals surface area contributed by atoms with Gasteiger partial charge in [-0.2, -0.15) is 0 Å². The first-order valence-electron chi connectivity index (χ1n) is 7.49. The molecule has 1 N–H and O–H groups in total. The summed E-state index contributed by atoms with van der Waals surface area (Å²) in [4.78, 5) is 23.0. The van der Waals surface area contributed by atoms with Crippen molar-refractivity contribution in [2.24, 2.45) is 0 Å². The zero-order valence-corrected chi connectivity index (χ0v) is 15.0. The predicted molar refractivity (Wildman–Crippen MR) is 96.2 cm³/mol. The Morgan fingerprint density at radius 1 is 1.20 bits per heavy atom. The number of methoxy groups -OCH3 is 1. The Hall–Kier alpha value is -2.24. The van der Waals surface area contributed by atoms with Crippen LogP contribution in [0.2, 0.25) is 10.0 Å². The third-order valence-electron chi connectivity index (χ3n) is 3.52. The summed E-state index contributed by atoms with van der Waals surface area (Å²) in [7, 11) is 1.54. The number of hydrogen-bond acceptors (Lipinski definition) is 4. The normalized spacial score (nSPS) is 11.5. The maximum atomic E-state index is 12.1. The monoisotopic (exact) mass is 381 g/mol. The first kappa shape index (κ1) is 19.1. The summed E-state index contributed by atoms with van der Waals surface area (Å²) in [6.07, 6.45) is 0.152. The number of carbonyl (C=O) groups is 2. The van der Waals surface area contributed by atoms with Gasteiger partial charge in [0.2, 0.25) is 0 Å². The predicted octanol–water partition coefficient (Wildman–Crippen LogP) is 4.56. The second kappa shape index (κ2) is 9.30. The molecule has 0 spiro atoms. The maximum Gasteiger partial charge on any atom is 0.407 e. The molecule has 0 unspecified atom stereocenters. The lowest BCUT2D eigenvalue weighted by molar-refractivity contribution is -0.108. The Morgan fingerprint density at radius 3 is 2.64 bits per heavy atom. The zero-order valence-electron chi connectivity index (χ0n) is 13.5. The molecule has 5 nitrogen and oxygen atoms in total. The van der Waals surface area contributed by atoms with Crippen molar-refractivity contribution in [1.82, 2.24) is 5.32 Å². The van der Waals surface area contributed by atoms with Gasteiger partial charge in [0.15, 0.2) is 0 Å². The van der Waals surface area contributed by atoms with Crippen LogP contribution in [0.25, 0.3) is 0 Å². The van der Waals surface area contributed by atoms with Gasteiger partial charge in [-0.15, -0.1) is 0 Å². The molecule has 2 aromatic carbocycles. The van der Waals surface area contributed by atoms with Crippen LogP contribution in [0.1, 0.15) is 23.6 Å². The quantitative estimate of drug-likeness (QED) is 0.713. The molecule has 0 aliphatic carbocycles. The first-order chi connectivity index (χ1) is 12.0. The molecule has 0 heterocycles. The van der Waals surface area contributed by atoms with Crippen molar-refractivity contribution in [3.63, 3.8) is 0 Å². The highest BCUT2D eigenvalue weighted by atomic mass is 35.5. The molecular formula is C18H17Cl2NO4. The maximum absolute atomic E-state index is 12.1. The molecule has 132 valence electrons. The lowest BCUT2D eigenvalue weighted by Crippen LogP contribution is -2.29. The summed E-state index contributed by atoms with van der Waals surface area (Å²) < 4.78 is 10.4. The van der Waals surface area contributed by atoms with E-state index in [4.69, 9.17) is 32.7 Å². The number of halogens is 2. The van der Waals surface area contributed by atoms with Gasteiger partial charge in [0, 0.05) is 12.0 Å². The standard InChI is InChI=1S/C18H17Cl2NO4/c1-24-17-5-3-2-4-13(17)11-25-18(23)21-16(8-9-22)12-6-7-14(19)15(20)10-12/h2-7,9-10,16H,8,11H2,1H3,(H,21,23)/t16-/m0/s1. The van der Waals surface area contributed by atoms with Gasteiger partial charge in [0.1, 0.15) is 18.6 Å². The van der Waals surface area contributed by atoms with E-state index in [9.17, 15) is 9.59 Å². The fraction of sp³-hybridized carbons (Fsp3) is 0.222. The largest absolute Gasteiger partial charge is 0.496 e. The van der Waals surface area contributed by atoms with Crippen LogP contribution < -0.4 is 10.1 Å². The van der Waals surface area contributed by atoms with Crippen LogP contribution in [0, 0.1) is 0 Å². The van der Waals surface area contributed by atoms with Crippen molar-refractivity contribution >= 4 is 35.6 Å². The van der Waals surface area contributed by atoms with Gasteiger partial charge in [-0.3, -0.25) is 0 Å². The van der Waals surface area contributed by atoms with Crippen molar-refractivity contribution in [2.45, 2.75) is 19.1 Å². The number of ether oxygens (including phenoxy) is 2. The molecule has 0 saturated heterocycles. The lowest BCUT2D eigenvalue weighted by Gasteiger charge is -2.17. The number of alkyl carbamates (subject to hydrolysis) is 1. The number of nitrogens with one attached hydrogen (secondary N) is 1. The van der Waals surface area contributed by atoms with Gasteiger partial charge in [-0.05, 0) is 23.8 Å². The first-order valence-corrected chi connectivity index (χ1v) is 8.24. The average Bonchev–Trinajstić information content (AvgIpc) is 2.62. The summed E-state index contributed by atoms with van der Waals surface area (Å²) in [6.45, 7) is 0.0467. The Morgan fingerprint density at radius 2 is 1.96 bits per heavy atom. The summed E-state index contributed by atoms with van der Waals surface area (Å²) in [5, 5.41) is 3.40. The molecule has 0 bridgehead atoms. The second-order valence-electron chi connectivity index (χ2n) is 5.16. The number of amides is 1. The van der Waals surface area contributed by atoms with E-state index in [1.165, 1.54) is 0 Å². The van der Waals surface area contributed by atoms with E-state index in [-0.39, 0.29) is 13.0 Å². The molecule has 0 fully saturated rings. The Balaban J connectivity index is 2.02. The molecule has 25 heavy (non-hydrogen) atoms. The Kier molecular flexibility index (Phi) is 7.10. The molecule has 1 amide bonds. The van der Waals surface area contributed by atoms with Gasteiger partial charge in [0.25, 0.3) is 0 Å². The van der Waals surface area contributed by atoms with Crippen molar-refractivity contribution in [3.05, 3.63) is 63.6 Å². The summed E-state index contributed by atoms with van der Waals surface area (Å²) in [6, 6.07) is 11.6. The molecule has 2 rings (SSSR count). The smallest absolute Gasteiger partial charge is 0.407 e. The SMILES string of the molecule is COc1ccccc1COC(=O)N[C@@H](CC=O)c1ccc(Cl)c(Cl)c1. The van der Waals surface area contributed by atoms with Gasteiger partial charge < -0.3 is 19.6 Å². The van der Waals surface area contributed by atoms with E-state index in [2.05, 4.69) is 5.32 Å². The summed E-state index contributed by atoms with van der Waals surface area (Å²) >= 11 is 11.9. The van der Waals surface area contributed by atoms with Crippen LogP contribution in [0.4, 0.5) is 4.79 Å². The fourth-order valence-electron chi connectivity index (χ4n) is 2.25. The molecule has 7 heteroatoms. The van der Waals surface area contributed by atoms with E-state index in [1.54, 1.807) is 37.4 Å². The number of para-hydroxylation sites is 1. The van der Waals surface area contributed by atoms with E-state index in [0.717, 1.165) is 5.56 Å². The highest BCUT2D eigenvalue weighted by Crippen LogP contribution is 2.27. The van der Waals surface area contributed by atoms with Gasteiger partial charge in [0.05, 0.1) is 23.2 Å². The molecule has 0 aliphatic heterocycles. The number of benzene rings is 2. The van der Waals surface area contributed by atoms with Crippen molar-refractivity contribution < 1.29 is 19.1 Å². The minimum Gasteiger partial charge on any atom is -0.496 e. The van der Waals surface area contributed by atoms with Crippen LogP contribution in [-0.2, 0) is 16.1 Å². The number of rotatable bonds is 7. The van der Waals surface area contributed by atoms with Gasteiger partial charge in [-0.1, -0.05) is 47.5 Å². The number of aldehydes is 1. The van der Waals surface area contributed by atoms with E-state index >= 15 is 0 Å². The minimum absolute atomic E-state index is 0.0467. The zero-order chi connectivity index (χ0) is 18.2. The fourth-order valence-corrected chi connectivity index (χ4v) is 2.56. The van der Waals surface area contributed by atoms with Crippen LogP contribution in [0.5, 0.6) is 5.75 Å². The van der Waals surface area contributed by atoms with E-state index in [1.807, 2.05) is 12.1 Å². The van der Waals surface area contributed by atoms with Gasteiger partial charge >= 0.3 is 6.09 Å². The molecule has 0 aliphatic rings. The third-order valence-corrected chi connectivity index (χ3v) is 4.26. The number of hydrogen-bond donors (Lipinski definition) is 1. The summed E-state index contributed by atoms with van der Waals surface area (Å²) in [5.41, 5.74) is 1.40. The van der Waals surface area contributed by atoms with Gasteiger partial charge in [-0.25, -0.2) is 4.79 Å². The molecule has 0 aromatic heterocycles. The van der Waals surface area contributed by atoms with Crippen molar-refractivity contribution in [1.29, 1.82) is 0 Å². The third kappa shape index (κ3) is 5.37. The second-order valence-corrected chi connectivity index (χ2v) is 5.98. The topological polar surface area (TPSA) is 64.6 Å². The highest BCUT2D eigenvalue weighted by Gasteiger charge is 2.17. The van der Waals surface area contributed by atoms with E-state index in [0.29, 0.717) is 27.6 Å². The van der Waals surface area contributed by atoms with Crippen LogP contribution >= 0.6 is 23.2 Å². The summed E-state index contributed by atoms with van der Waals surface area (Å²) in [5.74, 6) is 0.629. The van der Waals surface area contributed by atoms with Crippen molar-refractivity contribution in [2.75, 3.05) is 7.11 Å². The molecular weight excluding hydrogens is 365 g/mol. The molecule has 0 radical (unpaired) electrons. The molecule has 1 atom stereocenters. The average molecular weight is 382 g/mol. The highest BCUT2D eigenvalue weighted by molar-refractivity contribution is 6.42. The minimum atomic E-state index is -0.649. The van der Waals surface area contributed by atoms with Crippen LogP contribution in [0.15, 0.2) is 42.5 Å². The van der Waals surface area contributed by atoms with Crippen LogP contribution in [-0.4, -0.2) is 19.5 Å². The Labute approximate surface area is 155 Å². The number of carbonyl (C=O) groups excluding carboxylic acids is 2. The molecule has 0 saturated carbocycles.